The molecule has 1 unspecified atom stereocenters. The third-order valence-electron chi connectivity index (χ3n) is 2.96. The summed E-state index contributed by atoms with van der Waals surface area (Å²) in [7, 11) is 0. The molecule has 19 heavy (non-hydrogen) atoms. The van der Waals surface area contributed by atoms with E-state index in [1.165, 1.54) is 0 Å². The molecule has 0 radical (unpaired) electrons. The van der Waals surface area contributed by atoms with Gasteiger partial charge in [-0.1, -0.05) is 47.5 Å². The first-order valence-corrected chi connectivity index (χ1v) is 7.40. The number of amides is 1. The zero-order valence-electron chi connectivity index (χ0n) is 10.9. The van der Waals surface area contributed by atoms with E-state index in [0.29, 0.717) is 16.9 Å². The normalized spacial score (nSPS) is 12.3. The van der Waals surface area contributed by atoms with Gasteiger partial charge in [0.25, 0.3) is 5.91 Å². The highest BCUT2D eigenvalue weighted by atomic mass is 79.9. The molecule has 0 spiro atoms. The van der Waals surface area contributed by atoms with E-state index in [9.17, 15) is 4.79 Å². The lowest BCUT2D eigenvalue weighted by Crippen LogP contribution is -2.29. The average Bonchev–Trinajstić information content (AvgIpc) is 2.44. The SMILES string of the molecule is CCCC(Br)CNC(=O)c1cccc2cccnc12. The highest BCUT2D eigenvalue weighted by Crippen LogP contribution is 2.16. The fourth-order valence-corrected chi connectivity index (χ4v) is 2.62. The number of carbonyl (C=O) groups excluding carboxylic acids is 1. The maximum Gasteiger partial charge on any atom is 0.253 e. The molecule has 1 amide bonds. The van der Waals surface area contributed by atoms with Gasteiger partial charge in [-0.05, 0) is 18.6 Å². The van der Waals surface area contributed by atoms with E-state index in [2.05, 4.69) is 33.2 Å². The van der Waals surface area contributed by atoms with Crippen molar-refractivity contribution in [3.8, 4) is 0 Å². The Balaban J connectivity index is 2.13. The molecule has 4 heteroatoms. The lowest BCUT2D eigenvalue weighted by atomic mass is 10.1. The number of nitrogens with one attached hydrogen (secondary N) is 1. The van der Waals surface area contributed by atoms with Crippen molar-refractivity contribution >= 4 is 32.7 Å². The number of alkyl halides is 1. The molecule has 1 aromatic carbocycles. The van der Waals surface area contributed by atoms with E-state index in [4.69, 9.17) is 0 Å². The van der Waals surface area contributed by atoms with Crippen LogP contribution in [0.1, 0.15) is 30.1 Å². The number of fused-ring (bicyclic) bond motifs is 1. The van der Waals surface area contributed by atoms with Crippen molar-refractivity contribution in [1.29, 1.82) is 0 Å². The second kappa shape index (κ2) is 6.66. The van der Waals surface area contributed by atoms with Crippen LogP contribution in [0.2, 0.25) is 0 Å². The number of benzene rings is 1. The molecule has 1 heterocycles. The minimum absolute atomic E-state index is 0.0650. The van der Waals surface area contributed by atoms with Gasteiger partial charge >= 0.3 is 0 Å². The minimum atomic E-state index is -0.0650. The molecule has 1 N–H and O–H groups in total. The molecule has 3 nitrogen and oxygen atoms in total. The zero-order chi connectivity index (χ0) is 13.7. The monoisotopic (exact) mass is 320 g/mol. The molecule has 1 aromatic heterocycles. The van der Waals surface area contributed by atoms with Crippen LogP contribution in [0.5, 0.6) is 0 Å². The minimum Gasteiger partial charge on any atom is -0.351 e. The van der Waals surface area contributed by atoms with E-state index < -0.39 is 0 Å². The number of halogens is 1. The summed E-state index contributed by atoms with van der Waals surface area (Å²) in [6.07, 6.45) is 3.86. The number of aromatic nitrogens is 1. The molecular formula is C15H17BrN2O. The van der Waals surface area contributed by atoms with Gasteiger partial charge in [0.15, 0.2) is 0 Å². The third-order valence-corrected chi connectivity index (χ3v) is 3.74. The molecule has 2 rings (SSSR count). The number of pyridine rings is 1. The van der Waals surface area contributed by atoms with Gasteiger partial charge in [0.2, 0.25) is 0 Å². The molecule has 0 fully saturated rings. The lowest BCUT2D eigenvalue weighted by Gasteiger charge is -2.11. The fraction of sp³-hybridized carbons (Fsp3) is 0.333. The van der Waals surface area contributed by atoms with Gasteiger partial charge in [-0.3, -0.25) is 9.78 Å². The summed E-state index contributed by atoms with van der Waals surface area (Å²) in [5, 5.41) is 3.94. The standard InChI is InChI=1S/C15H17BrN2O/c1-2-5-12(16)10-18-15(19)13-8-3-6-11-7-4-9-17-14(11)13/h3-4,6-9,12H,2,5,10H2,1H3,(H,18,19). The lowest BCUT2D eigenvalue weighted by molar-refractivity contribution is 0.0955. The smallest absolute Gasteiger partial charge is 0.253 e. The summed E-state index contributed by atoms with van der Waals surface area (Å²) in [6.45, 7) is 2.76. The summed E-state index contributed by atoms with van der Waals surface area (Å²) >= 11 is 3.56. The molecule has 0 saturated heterocycles. The molecule has 1 atom stereocenters. The highest BCUT2D eigenvalue weighted by molar-refractivity contribution is 9.09. The highest BCUT2D eigenvalue weighted by Gasteiger charge is 2.11. The van der Waals surface area contributed by atoms with Gasteiger partial charge in [-0.2, -0.15) is 0 Å². The van der Waals surface area contributed by atoms with Crippen LogP contribution in [0.4, 0.5) is 0 Å². The van der Waals surface area contributed by atoms with Gasteiger partial charge in [0.1, 0.15) is 0 Å². The van der Waals surface area contributed by atoms with E-state index >= 15 is 0 Å². The van der Waals surface area contributed by atoms with E-state index in [-0.39, 0.29) is 5.91 Å². The number of carbonyl (C=O) groups is 1. The van der Waals surface area contributed by atoms with Crippen LogP contribution in [0.25, 0.3) is 10.9 Å². The summed E-state index contributed by atoms with van der Waals surface area (Å²) in [5.41, 5.74) is 1.39. The molecule has 100 valence electrons. The van der Waals surface area contributed by atoms with Gasteiger partial charge < -0.3 is 5.32 Å². The van der Waals surface area contributed by atoms with Crippen LogP contribution in [-0.4, -0.2) is 22.3 Å². The Labute approximate surface area is 121 Å². The first-order chi connectivity index (χ1) is 9.22. The number of hydrogen-bond donors (Lipinski definition) is 1. The molecular weight excluding hydrogens is 304 g/mol. The number of nitrogens with zero attached hydrogens (tertiary/aromatic N) is 1. The molecule has 2 aromatic rings. The van der Waals surface area contributed by atoms with E-state index in [1.807, 2.05) is 30.3 Å². The van der Waals surface area contributed by atoms with Crippen LogP contribution in [0.3, 0.4) is 0 Å². The van der Waals surface area contributed by atoms with Gasteiger partial charge in [0, 0.05) is 23.0 Å². The predicted octanol–water partition coefficient (Wildman–Crippen LogP) is 3.53. The largest absolute Gasteiger partial charge is 0.351 e. The Morgan fingerprint density at radius 1 is 1.37 bits per heavy atom. The maximum absolute atomic E-state index is 12.2. The number of para-hydroxylation sites is 1. The van der Waals surface area contributed by atoms with Gasteiger partial charge in [-0.25, -0.2) is 0 Å². The van der Waals surface area contributed by atoms with Crippen molar-refractivity contribution in [3.05, 3.63) is 42.1 Å². The van der Waals surface area contributed by atoms with Crippen LogP contribution in [0.15, 0.2) is 36.5 Å². The Kier molecular flexibility index (Phi) is 4.91. The zero-order valence-corrected chi connectivity index (χ0v) is 12.5. The molecule has 0 aliphatic rings. The summed E-state index contributed by atoms with van der Waals surface area (Å²) in [4.78, 5) is 16.8. The van der Waals surface area contributed by atoms with E-state index in [1.54, 1.807) is 6.20 Å². The number of rotatable bonds is 5. The van der Waals surface area contributed by atoms with E-state index in [0.717, 1.165) is 23.7 Å². The maximum atomic E-state index is 12.2. The second-order valence-corrected chi connectivity index (χ2v) is 5.77. The van der Waals surface area contributed by atoms with Crippen molar-refractivity contribution in [2.75, 3.05) is 6.54 Å². The van der Waals surface area contributed by atoms with Crippen LogP contribution >= 0.6 is 15.9 Å². The Morgan fingerprint density at radius 3 is 2.95 bits per heavy atom. The van der Waals surface area contributed by atoms with Crippen molar-refractivity contribution in [3.63, 3.8) is 0 Å². The molecule has 0 aliphatic carbocycles. The first kappa shape index (κ1) is 14.0. The number of hydrogen-bond acceptors (Lipinski definition) is 2. The van der Waals surface area contributed by atoms with Gasteiger partial charge in [-0.15, -0.1) is 0 Å². The Morgan fingerprint density at radius 2 is 2.16 bits per heavy atom. The third kappa shape index (κ3) is 3.53. The fourth-order valence-electron chi connectivity index (χ4n) is 2.00. The van der Waals surface area contributed by atoms with Gasteiger partial charge in [0.05, 0.1) is 11.1 Å². The van der Waals surface area contributed by atoms with Crippen LogP contribution in [0, 0.1) is 0 Å². The van der Waals surface area contributed by atoms with Crippen LogP contribution < -0.4 is 5.32 Å². The second-order valence-electron chi connectivity index (χ2n) is 4.48. The molecule has 0 saturated carbocycles. The van der Waals surface area contributed by atoms with Crippen LogP contribution in [-0.2, 0) is 0 Å². The first-order valence-electron chi connectivity index (χ1n) is 6.48. The average molecular weight is 321 g/mol. The summed E-state index contributed by atoms with van der Waals surface area (Å²) < 4.78 is 0. The van der Waals surface area contributed by atoms with Crippen molar-refractivity contribution in [2.45, 2.75) is 24.6 Å². The summed E-state index contributed by atoms with van der Waals surface area (Å²) in [5.74, 6) is -0.0650. The van der Waals surface area contributed by atoms with Crippen molar-refractivity contribution in [2.24, 2.45) is 0 Å². The summed E-state index contributed by atoms with van der Waals surface area (Å²) in [6, 6.07) is 9.50. The Hall–Kier alpha value is -1.42. The molecule has 0 aliphatic heterocycles. The van der Waals surface area contributed by atoms with Crippen molar-refractivity contribution in [1.82, 2.24) is 10.3 Å². The molecule has 0 bridgehead atoms. The van der Waals surface area contributed by atoms with Crippen molar-refractivity contribution < 1.29 is 4.79 Å². The quantitative estimate of drug-likeness (QED) is 0.856. The Bertz CT molecular complexity index is 566. The topological polar surface area (TPSA) is 42.0 Å². The predicted molar refractivity (Wildman–Crippen MR) is 81.7 cm³/mol.